The van der Waals surface area contributed by atoms with Gasteiger partial charge >= 0.3 is 5.97 Å². The Morgan fingerprint density at radius 1 is 1.67 bits per heavy atom. The number of carbonyl (C=O) groups is 2. The summed E-state index contributed by atoms with van der Waals surface area (Å²) in [6.07, 6.45) is 2.52. The number of amides is 1. The predicted molar refractivity (Wildman–Crippen MR) is 50.3 cm³/mol. The maximum Gasteiger partial charge on any atom is 0.308 e. The molecule has 6 nitrogen and oxygen atoms in total. The van der Waals surface area contributed by atoms with Gasteiger partial charge in [-0.15, -0.1) is 0 Å². The van der Waals surface area contributed by atoms with Crippen LogP contribution < -0.4 is 0 Å². The molecule has 0 bridgehead atoms. The Kier molecular flexibility index (Phi) is 3.43. The molecule has 15 heavy (non-hydrogen) atoms. The third-order valence-electron chi connectivity index (χ3n) is 2.00. The molecule has 1 N–H and O–H groups in total. The molecule has 1 aromatic rings. The van der Waals surface area contributed by atoms with E-state index in [1.807, 2.05) is 0 Å². The summed E-state index contributed by atoms with van der Waals surface area (Å²) in [5, 5.41) is 12.1. The van der Waals surface area contributed by atoms with E-state index < -0.39 is 11.9 Å². The van der Waals surface area contributed by atoms with E-state index in [0.29, 0.717) is 5.56 Å². The van der Waals surface area contributed by atoms with Crippen LogP contribution in [0.15, 0.2) is 17.0 Å². The van der Waals surface area contributed by atoms with Gasteiger partial charge in [0.2, 0.25) is 0 Å². The number of carboxylic acid groups (broad SMARTS) is 1. The van der Waals surface area contributed by atoms with Gasteiger partial charge in [0.1, 0.15) is 6.26 Å². The number of hydrogen-bond acceptors (Lipinski definition) is 4. The number of hydrogen-bond donors (Lipinski definition) is 1. The van der Waals surface area contributed by atoms with Gasteiger partial charge in [0.25, 0.3) is 5.91 Å². The Balaban J connectivity index is 2.58. The van der Waals surface area contributed by atoms with Crippen LogP contribution in [0, 0.1) is 5.92 Å². The van der Waals surface area contributed by atoms with Crippen molar-refractivity contribution in [3.63, 3.8) is 0 Å². The summed E-state index contributed by atoms with van der Waals surface area (Å²) in [5.74, 6) is -1.83. The molecule has 0 aliphatic heterocycles. The highest BCUT2D eigenvalue weighted by molar-refractivity contribution is 5.93. The molecule has 0 spiro atoms. The predicted octanol–water partition coefficient (Wildman–Crippen LogP) is 0.467. The van der Waals surface area contributed by atoms with Crippen LogP contribution in [0.25, 0.3) is 0 Å². The summed E-state index contributed by atoms with van der Waals surface area (Å²) < 4.78 is 4.52. The molecule has 6 heteroatoms. The zero-order valence-corrected chi connectivity index (χ0v) is 8.51. The highest BCUT2D eigenvalue weighted by atomic mass is 16.5. The van der Waals surface area contributed by atoms with Crippen LogP contribution >= 0.6 is 0 Å². The standard InChI is InChI=1S/C9H12N2O4/c1-6(9(13)14)4-11(2)8(12)7-3-10-15-5-7/h3,5-6H,4H2,1-2H3,(H,13,14). The van der Waals surface area contributed by atoms with E-state index in [0.717, 1.165) is 0 Å². The van der Waals surface area contributed by atoms with Crippen molar-refractivity contribution in [1.29, 1.82) is 0 Å². The summed E-state index contributed by atoms with van der Waals surface area (Å²) in [5.41, 5.74) is 0.315. The second-order valence-corrected chi connectivity index (χ2v) is 3.34. The summed E-state index contributed by atoms with van der Waals surface area (Å²) in [6.45, 7) is 1.69. The number of aromatic nitrogens is 1. The van der Waals surface area contributed by atoms with E-state index in [1.165, 1.54) is 24.4 Å². The summed E-state index contributed by atoms with van der Waals surface area (Å²) in [6, 6.07) is 0. The van der Waals surface area contributed by atoms with Crippen molar-refractivity contribution in [3.05, 3.63) is 18.0 Å². The molecule has 1 heterocycles. The molecule has 82 valence electrons. The van der Waals surface area contributed by atoms with E-state index in [4.69, 9.17) is 5.11 Å². The van der Waals surface area contributed by atoms with Gasteiger partial charge < -0.3 is 14.5 Å². The van der Waals surface area contributed by atoms with Crippen molar-refractivity contribution < 1.29 is 19.2 Å². The summed E-state index contributed by atoms with van der Waals surface area (Å²) >= 11 is 0. The molecule has 0 aromatic carbocycles. The molecule has 1 aromatic heterocycles. The maximum absolute atomic E-state index is 11.6. The molecule has 1 atom stereocenters. The minimum absolute atomic E-state index is 0.152. The lowest BCUT2D eigenvalue weighted by atomic mass is 10.1. The van der Waals surface area contributed by atoms with Crippen molar-refractivity contribution in [1.82, 2.24) is 10.1 Å². The van der Waals surface area contributed by atoms with E-state index in [2.05, 4.69) is 9.68 Å². The van der Waals surface area contributed by atoms with Crippen LogP contribution in [0.4, 0.5) is 0 Å². The van der Waals surface area contributed by atoms with E-state index >= 15 is 0 Å². The van der Waals surface area contributed by atoms with Gasteiger partial charge in [-0.05, 0) is 0 Å². The zero-order chi connectivity index (χ0) is 11.4. The van der Waals surface area contributed by atoms with E-state index in [9.17, 15) is 9.59 Å². The Morgan fingerprint density at radius 3 is 2.80 bits per heavy atom. The number of carbonyl (C=O) groups excluding carboxylic acids is 1. The molecule has 0 aliphatic rings. The lowest BCUT2D eigenvalue weighted by Crippen LogP contribution is -2.33. The smallest absolute Gasteiger partial charge is 0.308 e. The van der Waals surface area contributed by atoms with Gasteiger partial charge in [-0.25, -0.2) is 0 Å². The number of carboxylic acids is 1. The number of aliphatic carboxylic acids is 1. The van der Waals surface area contributed by atoms with Crippen molar-refractivity contribution in [2.24, 2.45) is 5.92 Å². The second kappa shape index (κ2) is 4.59. The molecule has 0 aliphatic carbocycles. The first-order valence-corrected chi connectivity index (χ1v) is 4.40. The van der Waals surface area contributed by atoms with Gasteiger partial charge in [-0.2, -0.15) is 0 Å². The van der Waals surface area contributed by atoms with Crippen LogP contribution in [0.3, 0.4) is 0 Å². The third kappa shape index (κ3) is 2.80. The van der Waals surface area contributed by atoms with Crippen LogP contribution in [-0.2, 0) is 4.79 Å². The Morgan fingerprint density at radius 2 is 2.33 bits per heavy atom. The number of rotatable bonds is 4. The molecule has 0 fully saturated rings. The molecular weight excluding hydrogens is 200 g/mol. The molecule has 0 saturated heterocycles. The monoisotopic (exact) mass is 212 g/mol. The van der Waals surface area contributed by atoms with Gasteiger partial charge in [0.05, 0.1) is 17.7 Å². The van der Waals surface area contributed by atoms with Gasteiger partial charge in [0.15, 0.2) is 0 Å². The van der Waals surface area contributed by atoms with Gasteiger partial charge in [-0.1, -0.05) is 12.1 Å². The quantitative estimate of drug-likeness (QED) is 0.784. The van der Waals surface area contributed by atoms with Crippen LogP contribution in [0.2, 0.25) is 0 Å². The fourth-order valence-corrected chi connectivity index (χ4v) is 1.10. The third-order valence-corrected chi connectivity index (χ3v) is 2.00. The second-order valence-electron chi connectivity index (χ2n) is 3.34. The first-order valence-electron chi connectivity index (χ1n) is 4.40. The molecule has 0 radical (unpaired) electrons. The maximum atomic E-state index is 11.6. The minimum Gasteiger partial charge on any atom is -0.481 e. The topological polar surface area (TPSA) is 83.6 Å². The lowest BCUT2D eigenvalue weighted by molar-refractivity contribution is -0.141. The fourth-order valence-electron chi connectivity index (χ4n) is 1.10. The van der Waals surface area contributed by atoms with Crippen molar-refractivity contribution in [2.75, 3.05) is 13.6 Å². The fraction of sp³-hybridized carbons (Fsp3) is 0.444. The summed E-state index contributed by atoms with van der Waals surface area (Å²) in [4.78, 5) is 23.5. The summed E-state index contributed by atoms with van der Waals surface area (Å²) in [7, 11) is 1.54. The molecule has 1 rings (SSSR count). The van der Waals surface area contributed by atoms with Crippen molar-refractivity contribution in [3.8, 4) is 0 Å². The molecule has 1 unspecified atom stereocenters. The van der Waals surface area contributed by atoms with Gasteiger partial charge in [0, 0.05) is 13.6 Å². The lowest BCUT2D eigenvalue weighted by Gasteiger charge is -2.18. The van der Waals surface area contributed by atoms with Crippen molar-refractivity contribution >= 4 is 11.9 Å². The Bertz CT molecular complexity index is 347. The van der Waals surface area contributed by atoms with Crippen LogP contribution in [0.1, 0.15) is 17.3 Å². The highest BCUT2D eigenvalue weighted by Crippen LogP contribution is 2.05. The van der Waals surface area contributed by atoms with Crippen molar-refractivity contribution in [2.45, 2.75) is 6.92 Å². The Labute approximate surface area is 86.5 Å². The largest absolute Gasteiger partial charge is 0.481 e. The SMILES string of the molecule is CC(CN(C)C(=O)c1cnoc1)C(=O)O. The van der Waals surface area contributed by atoms with Gasteiger partial charge in [-0.3, -0.25) is 9.59 Å². The van der Waals surface area contributed by atoms with E-state index in [1.54, 1.807) is 6.92 Å². The molecule has 0 saturated carbocycles. The van der Waals surface area contributed by atoms with Crippen LogP contribution in [0.5, 0.6) is 0 Å². The normalized spacial score (nSPS) is 12.1. The molecular formula is C9H12N2O4. The highest BCUT2D eigenvalue weighted by Gasteiger charge is 2.19. The molecule has 1 amide bonds. The van der Waals surface area contributed by atoms with E-state index in [-0.39, 0.29) is 12.5 Å². The van der Waals surface area contributed by atoms with Crippen LogP contribution in [-0.4, -0.2) is 40.6 Å². The number of nitrogens with zero attached hydrogens (tertiary/aromatic N) is 2. The zero-order valence-electron chi connectivity index (χ0n) is 8.51. The first-order chi connectivity index (χ1) is 7.02. The average molecular weight is 212 g/mol. The first kappa shape index (κ1) is 11.2. The Hall–Kier alpha value is -1.85. The average Bonchev–Trinajstić information content (AvgIpc) is 2.68. The minimum atomic E-state index is -0.931.